The summed E-state index contributed by atoms with van der Waals surface area (Å²) in [5.74, 6) is -1.13. The molecule has 0 aromatic heterocycles. The lowest BCUT2D eigenvalue weighted by atomic mass is 9.93. The van der Waals surface area contributed by atoms with Crippen LogP contribution in [0.15, 0.2) is 18.2 Å². The van der Waals surface area contributed by atoms with Crippen molar-refractivity contribution in [2.24, 2.45) is 5.92 Å². The minimum atomic E-state index is -4.48. The predicted molar refractivity (Wildman–Crippen MR) is 63.9 cm³/mol. The molecule has 1 aliphatic carbocycles. The third-order valence-electron chi connectivity index (χ3n) is 3.16. The average molecular weight is 293 g/mol. The number of carbonyl (C=O) groups is 1. The maximum Gasteiger partial charge on any atom is 0.416 e. The zero-order chi connectivity index (χ0) is 14.2. The number of hydrogen-bond acceptors (Lipinski definition) is 2. The summed E-state index contributed by atoms with van der Waals surface area (Å²) in [5.41, 5.74) is -0.571. The molecule has 0 aliphatic heterocycles. The molecule has 1 aromatic carbocycles. The molecule has 0 bridgehead atoms. The van der Waals surface area contributed by atoms with E-state index in [4.69, 9.17) is 11.6 Å². The standard InChI is InChI=1S/C13H12ClF3O2/c1-19-12(18)11(7-2-3-7)8-4-9(13(15,16)17)6-10(14)5-8/h4-7,11H,2-3H2,1H3. The minimum absolute atomic E-state index is 0.0284. The second-order valence-electron chi connectivity index (χ2n) is 4.61. The first kappa shape index (κ1) is 14.2. The number of ether oxygens (including phenoxy) is 1. The number of halogens is 4. The Morgan fingerprint density at radius 3 is 2.47 bits per heavy atom. The van der Waals surface area contributed by atoms with Gasteiger partial charge in [-0.2, -0.15) is 13.2 Å². The van der Waals surface area contributed by atoms with Gasteiger partial charge in [0.15, 0.2) is 0 Å². The van der Waals surface area contributed by atoms with Gasteiger partial charge in [-0.1, -0.05) is 11.6 Å². The first-order chi connectivity index (χ1) is 8.82. The Bertz CT molecular complexity index is 495. The van der Waals surface area contributed by atoms with E-state index in [-0.39, 0.29) is 16.5 Å². The number of benzene rings is 1. The van der Waals surface area contributed by atoms with Crippen LogP contribution in [0.25, 0.3) is 0 Å². The van der Waals surface area contributed by atoms with E-state index < -0.39 is 23.6 Å². The molecule has 1 aromatic rings. The molecule has 1 fully saturated rings. The third kappa shape index (κ3) is 3.21. The second kappa shape index (κ2) is 5.04. The number of hydrogen-bond donors (Lipinski definition) is 0. The van der Waals surface area contributed by atoms with Crippen molar-refractivity contribution in [2.75, 3.05) is 7.11 Å². The molecule has 104 valence electrons. The molecule has 2 nitrogen and oxygen atoms in total. The Labute approximate surface area is 113 Å². The van der Waals surface area contributed by atoms with Gasteiger partial charge in [0.2, 0.25) is 0 Å². The Hall–Kier alpha value is -1.23. The van der Waals surface area contributed by atoms with E-state index >= 15 is 0 Å². The summed E-state index contributed by atoms with van der Waals surface area (Å²) >= 11 is 5.72. The van der Waals surface area contributed by atoms with Gasteiger partial charge in [-0.25, -0.2) is 0 Å². The summed E-state index contributed by atoms with van der Waals surface area (Å²) < 4.78 is 42.9. The molecule has 0 saturated heterocycles. The summed E-state index contributed by atoms with van der Waals surface area (Å²) in [6.07, 6.45) is -2.86. The SMILES string of the molecule is COC(=O)C(c1cc(Cl)cc(C(F)(F)F)c1)C1CC1. The van der Waals surface area contributed by atoms with Crippen molar-refractivity contribution in [3.8, 4) is 0 Å². The zero-order valence-electron chi connectivity index (χ0n) is 10.1. The van der Waals surface area contributed by atoms with Crippen LogP contribution in [0.4, 0.5) is 13.2 Å². The molecule has 0 amide bonds. The quantitative estimate of drug-likeness (QED) is 0.786. The summed E-state index contributed by atoms with van der Waals surface area (Å²) in [5, 5.41) is -0.0284. The molecule has 0 heterocycles. The molecule has 1 saturated carbocycles. The van der Waals surface area contributed by atoms with Crippen LogP contribution in [0.2, 0.25) is 5.02 Å². The minimum Gasteiger partial charge on any atom is -0.469 e. The number of rotatable bonds is 3. The lowest BCUT2D eigenvalue weighted by Crippen LogP contribution is -2.17. The van der Waals surface area contributed by atoms with E-state index in [2.05, 4.69) is 4.74 Å². The average Bonchev–Trinajstić information content (AvgIpc) is 3.11. The molecule has 0 radical (unpaired) electrons. The van der Waals surface area contributed by atoms with Gasteiger partial charge < -0.3 is 4.74 Å². The fourth-order valence-electron chi connectivity index (χ4n) is 2.11. The van der Waals surface area contributed by atoms with Gasteiger partial charge >= 0.3 is 12.1 Å². The summed E-state index contributed by atoms with van der Waals surface area (Å²) in [7, 11) is 1.23. The largest absolute Gasteiger partial charge is 0.469 e. The lowest BCUT2D eigenvalue weighted by Gasteiger charge is -2.16. The summed E-state index contributed by atoms with van der Waals surface area (Å²) in [6, 6.07) is 3.23. The number of carbonyl (C=O) groups excluding carboxylic acids is 1. The first-order valence-electron chi connectivity index (χ1n) is 5.78. The zero-order valence-corrected chi connectivity index (χ0v) is 10.9. The fraction of sp³-hybridized carbons (Fsp3) is 0.462. The van der Waals surface area contributed by atoms with Crippen molar-refractivity contribution in [1.82, 2.24) is 0 Å². The lowest BCUT2D eigenvalue weighted by molar-refractivity contribution is -0.143. The smallest absolute Gasteiger partial charge is 0.416 e. The number of alkyl halides is 3. The molecular weight excluding hydrogens is 281 g/mol. The normalized spacial score (nSPS) is 17.1. The molecule has 0 spiro atoms. The van der Waals surface area contributed by atoms with Crippen LogP contribution in [-0.2, 0) is 15.7 Å². The van der Waals surface area contributed by atoms with Gasteiger partial charge in [0.05, 0.1) is 18.6 Å². The molecule has 0 N–H and O–H groups in total. The van der Waals surface area contributed by atoms with Crippen molar-refractivity contribution in [3.05, 3.63) is 34.3 Å². The molecule has 1 unspecified atom stereocenters. The van der Waals surface area contributed by atoms with Crippen molar-refractivity contribution in [1.29, 1.82) is 0 Å². The number of methoxy groups -OCH3 is 1. The first-order valence-corrected chi connectivity index (χ1v) is 6.16. The van der Waals surface area contributed by atoms with Crippen LogP contribution in [0, 0.1) is 5.92 Å². The highest BCUT2D eigenvalue weighted by molar-refractivity contribution is 6.30. The Balaban J connectivity index is 2.42. The van der Waals surface area contributed by atoms with E-state index in [1.54, 1.807) is 0 Å². The van der Waals surface area contributed by atoms with Gasteiger partial charge in [0.1, 0.15) is 0 Å². The van der Waals surface area contributed by atoms with Crippen LogP contribution in [0.3, 0.4) is 0 Å². The maximum absolute atomic E-state index is 12.7. The van der Waals surface area contributed by atoms with Gasteiger partial charge in [-0.05, 0) is 42.5 Å². The Morgan fingerprint density at radius 1 is 1.37 bits per heavy atom. The Morgan fingerprint density at radius 2 is 2.00 bits per heavy atom. The van der Waals surface area contributed by atoms with Gasteiger partial charge in [0, 0.05) is 5.02 Å². The second-order valence-corrected chi connectivity index (χ2v) is 5.05. The van der Waals surface area contributed by atoms with Gasteiger partial charge in [-0.3, -0.25) is 4.79 Å². The van der Waals surface area contributed by atoms with Crippen LogP contribution >= 0.6 is 11.6 Å². The van der Waals surface area contributed by atoms with E-state index in [1.165, 1.54) is 13.2 Å². The highest BCUT2D eigenvalue weighted by atomic mass is 35.5. The predicted octanol–water partition coefficient (Wildman–Crippen LogP) is 4.03. The number of esters is 1. The van der Waals surface area contributed by atoms with Crippen LogP contribution in [0.5, 0.6) is 0 Å². The van der Waals surface area contributed by atoms with Crippen molar-refractivity contribution in [3.63, 3.8) is 0 Å². The van der Waals surface area contributed by atoms with E-state index in [1.807, 2.05) is 0 Å². The van der Waals surface area contributed by atoms with E-state index in [9.17, 15) is 18.0 Å². The summed E-state index contributed by atoms with van der Waals surface area (Å²) in [6.45, 7) is 0. The van der Waals surface area contributed by atoms with Crippen molar-refractivity contribution in [2.45, 2.75) is 24.9 Å². The van der Waals surface area contributed by atoms with Crippen LogP contribution < -0.4 is 0 Å². The molecule has 19 heavy (non-hydrogen) atoms. The molecule has 1 atom stereocenters. The summed E-state index contributed by atoms with van der Waals surface area (Å²) in [4.78, 5) is 11.7. The molecular formula is C13H12ClF3O2. The molecule has 6 heteroatoms. The maximum atomic E-state index is 12.7. The highest BCUT2D eigenvalue weighted by Gasteiger charge is 2.40. The van der Waals surface area contributed by atoms with Gasteiger partial charge in [-0.15, -0.1) is 0 Å². The van der Waals surface area contributed by atoms with Gasteiger partial charge in [0.25, 0.3) is 0 Å². The third-order valence-corrected chi connectivity index (χ3v) is 3.37. The van der Waals surface area contributed by atoms with Crippen LogP contribution in [-0.4, -0.2) is 13.1 Å². The van der Waals surface area contributed by atoms with Crippen molar-refractivity contribution >= 4 is 17.6 Å². The highest BCUT2D eigenvalue weighted by Crippen LogP contribution is 2.45. The Kier molecular flexibility index (Phi) is 3.76. The molecule has 1 aliphatic rings. The van der Waals surface area contributed by atoms with Crippen molar-refractivity contribution < 1.29 is 22.7 Å². The fourth-order valence-corrected chi connectivity index (χ4v) is 2.36. The molecule has 2 rings (SSSR count). The monoisotopic (exact) mass is 292 g/mol. The topological polar surface area (TPSA) is 26.3 Å². The van der Waals surface area contributed by atoms with E-state index in [0.717, 1.165) is 25.0 Å². The van der Waals surface area contributed by atoms with E-state index in [0.29, 0.717) is 0 Å². The van der Waals surface area contributed by atoms with Crippen LogP contribution in [0.1, 0.15) is 29.9 Å².